The first-order valence-corrected chi connectivity index (χ1v) is 4.51. The van der Waals surface area contributed by atoms with Crippen molar-refractivity contribution in [2.45, 2.75) is 13.5 Å². The lowest BCUT2D eigenvalue weighted by atomic mass is 10.4. The van der Waals surface area contributed by atoms with Gasteiger partial charge in [0.15, 0.2) is 0 Å². The second-order valence-electron chi connectivity index (χ2n) is 2.86. The topological polar surface area (TPSA) is 84.3 Å². The number of carbonyl (C=O) groups is 1. The first-order valence-electron chi connectivity index (χ1n) is 4.51. The summed E-state index contributed by atoms with van der Waals surface area (Å²) in [5, 5.41) is 10.9. The summed E-state index contributed by atoms with van der Waals surface area (Å²) >= 11 is 0. The molecule has 2 N–H and O–H groups in total. The Bertz CT molecular complexity index is 313. The normalized spacial score (nSPS) is 9.73. The summed E-state index contributed by atoms with van der Waals surface area (Å²) in [6.45, 7) is 1.90. The number of aryl methyl sites for hydroxylation is 1. The number of aromatic nitrogens is 2. The second-order valence-corrected chi connectivity index (χ2v) is 2.86. The van der Waals surface area contributed by atoms with Gasteiger partial charge in [0.2, 0.25) is 0 Å². The minimum absolute atomic E-state index is 0.00852. The Morgan fingerprint density at radius 1 is 1.53 bits per heavy atom. The predicted octanol–water partition coefficient (Wildman–Crippen LogP) is 0.00352. The quantitative estimate of drug-likeness (QED) is 0.732. The summed E-state index contributed by atoms with van der Waals surface area (Å²) in [5.74, 6) is 0. The lowest BCUT2D eigenvalue weighted by Gasteiger charge is -2.04. The molecule has 82 valence electrons. The van der Waals surface area contributed by atoms with Crippen molar-refractivity contribution in [3.8, 4) is 0 Å². The molecule has 1 rings (SSSR count). The Kier molecular flexibility index (Phi) is 4.49. The van der Waals surface area contributed by atoms with Gasteiger partial charge in [-0.3, -0.25) is 9.97 Å². The highest BCUT2D eigenvalue weighted by atomic mass is 16.6. The van der Waals surface area contributed by atoms with Gasteiger partial charge in [-0.05, 0) is 6.92 Å². The Morgan fingerprint density at radius 2 is 2.33 bits per heavy atom. The summed E-state index contributed by atoms with van der Waals surface area (Å²) in [7, 11) is 0. The molecule has 0 saturated carbocycles. The van der Waals surface area contributed by atoms with Gasteiger partial charge < -0.3 is 15.2 Å². The van der Waals surface area contributed by atoms with Crippen molar-refractivity contribution in [2.75, 3.05) is 13.2 Å². The van der Waals surface area contributed by atoms with Crippen LogP contribution >= 0.6 is 0 Å². The van der Waals surface area contributed by atoms with E-state index in [1.165, 1.54) is 0 Å². The number of nitrogens with zero attached hydrogens (tertiary/aromatic N) is 2. The molecule has 0 unspecified atom stereocenters. The summed E-state index contributed by atoms with van der Waals surface area (Å²) < 4.78 is 4.59. The number of aliphatic hydroxyl groups is 1. The lowest BCUT2D eigenvalue weighted by molar-refractivity contribution is 0.118. The Hall–Kier alpha value is -1.69. The van der Waals surface area contributed by atoms with Gasteiger partial charge in [-0.25, -0.2) is 4.79 Å². The number of hydrogen-bond acceptors (Lipinski definition) is 5. The third kappa shape index (κ3) is 4.37. The van der Waals surface area contributed by atoms with Gasteiger partial charge in [-0.1, -0.05) is 0 Å². The summed E-state index contributed by atoms with van der Waals surface area (Å²) in [6, 6.07) is 0. The predicted molar refractivity (Wildman–Crippen MR) is 52.0 cm³/mol. The van der Waals surface area contributed by atoms with Crippen LogP contribution in [-0.2, 0) is 11.3 Å². The Balaban J connectivity index is 2.30. The zero-order valence-corrected chi connectivity index (χ0v) is 8.43. The number of carbonyl (C=O) groups excluding carboxylic acids is 1. The number of alkyl carbamates (subject to hydrolysis) is 1. The van der Waals surface area contributed by atoms with Crippen molar-refractivity contribution in [3.63, 3.8) is 0 Å². The summed E-state index contributed by atoms with van der Waals surface area (Å²) in [6.07, 6.45) is 2.63. The van der Waals surface area contributed by atoms with Crippen LogP contribution in [-0.4, -0.2) is 34.4 Å². The number of rotatable bonds is 4. The molecule has 0 atom stereocenters. The van der Waals surface area contributed by atoms with Gasteiger partial charge in [-0.2, -0.15) is 0 Å². The van der Waals surface area contributed by atoms with Gasteiger partial charge in [0.25, 0.3) is 0 Å². The van der Waals surface area contributed by atoms with Crippen LogP contribution < -0.4 is 5.32 Å². The van der Waals surface area contributed by atoms with E-state index in [-0.39, 0.29) is 19.8 Å². The number of ether oxygens (including phenoxy) is 1. The number of aliphatic hydroxyl groups excluding tert-OH is 1. The van der Waals surface area contributed by atoms with Crippen molar-refractivity contribution in [3.05, 3.63) is 23.8 Å². The Morgan fingerprint density at radius 3 is 2.93 bits per heavy atom. The molecule has 6 nitrogen and oxygen atoms in total. The molecule has 1 amide bonds. The zero-order chi connectivity index (χ0) is 11.1. The van der Waals surface area contributed by atoms with Crippen LogP contribution in [0.2, 0.25) is 0 Å². The molecular weight excluding hydrogens is 198 g/mol. The largest absolute Gasteiger partial charge is 0.447 e. The average molecular weight is 211 g/mol. The maximum atomic E-state index is 10.9. The fourth-order valence-corrected chi connectivity index (χ4v) is 0.863. The molecule has 0 bridgehead atoms. The van der Waals surface area contributed by atoms with Crippen LogP contribution in [0.1, 0.15) is 11.4 Å². The van der Waals surface area contributed by atoms with Crippen molar-refractivity contribution < 1.29 is 14.6 Å². The SMILES string of the molecule is Cc1cnc(CNC(=O)OCCO)cn1. The van der Waals surface area contributed by atoms with Crippen molar-refractivity contribution in [1.82, 2.24) is 15.3 Å². The van der Waals surface area contributed by atoms with E-state index in [4.69, 9.17) is 5.11 Å². The van der Waals surface area contributed by atoms with Crippen molar-refractivity contribution in [2.24, 2.45) is 0 Å². The van der Waals surface area contributed by atoms with E-state index in [2.05, 4.69) is 20.0 Å². The minimum Gasteiger partial charge on any atom is -0.447 e. The fourth-order valence-electron chi connectivity index (χ4n) is 0.863. The first-order chi connectivity index (χ1) is 7.22. The van der Waals surface area contributed by atoms with E-state index < -0.39 is 6.09 Å². The third-order valence-electron chi connectivity index (χ3n) is 1.57. The van der Waals surface area contributed by atoms with Crippen molar-refractivity contribution in [1.29, 1.82) is 0 Å². The monoisotopic (exact) mass is 211 g/mol. The van der Waals surface area contributed by atoms with Gasteiger partial charge in [0, 0.05) is 6.20 Å². The molecule has 0 spiro atoms. The van der Waals surface area contributed by atoms with Gasteiger partial charge in [0.1, 0.15) is 6.61 Å². The molecule has 1 aromatic rings. The molecule has 0 aliphatic carbocycles. The smallest absolute Gasteiger partial charge is 0.407 e. The van der Waals surface area contributed by atoms with Crippen LogP contribution in [0.3, 0.4) is 0 Å². The standard InChI is InChI=1S/C9H13N3O3/c1-7-4-11-8(5-10-7)6-12-9(14)15-3-2-13/h4-5,13H,2-3,6H2,1H3,(H,12,14). The summed E-state index contributed by atoms with van der Waals surface area (Å²) in [5.41, 5.74) is 1.48. The first kappa shape index (κ1) is 11.4. The highest BCUT2D eigenvalue weighted by Crippen LogP contribution is 1.93. The fraction of sp³-hybridized carbons (Fsp3) is 0.444. The molecule has 0 aliphatic heterocycles. The number of nitrogens with one attached hydrogen (secondary N) is 1. The van der Waals surface area contributed by atoms with Gasteiger partial charge >= 0.3 is 6.09 Å². The van der Waals surface area contributed by atoms with Crippen LogP contribution in [0.5, 0.6) is 0 Å². The van der Waals surface area contributed by atoms with E-state index >= 15 is 0 Å². The third-order valence-corrected chi connectivity index (χ3v) is 1.57. The van der Waals surface area contributed by atoms with E-state index in [9.17, 15) is 4.79 Å². The lowest BCUT2D eigenvalue weighted by Crippen LogP contribution is -2.25. The number of hydrogen-bond donors (Lipinski definition) is 2. The molecule has 0 saturated heterocycles. The zero-order valence-electron chi connectivity index (χ0n) is 8.43. The molecule has 0 aromatic carbocycles. The van der Waals surface area contributed by atoms with Crippen molar-refractivity contribution >= 4 is 6.09 Å². The van der Waals surface area contributed by atoms with E-state index in [0.29, 0.717) is 5.69 Å². The van der Waals surface area contributed by atoms with E-state index in [0.717, 1.165) is 5.69 Å². The maximum absolute atomic E-state index is 10.9. The van der Waals surface area contributed by atoms with Gasteiger partial charge in [-0.15, -0.1) is 0 Å². The van der Waals surface area contributed by atoms with Crippen LogP contribution in [0.4, 0.5) is 4.79 Å². The molecule has 1 heterocycles. The molecule has 0 aliphatic rings. The highest BCUT2D eigenvalue weighted by molar-refractivity contribution is 5.66. The summed E-state index contributed by atoms with van der Waals surface area (Å²) in [4.78, 5) is 19.0. The molecular formula is C9H13N3O3. The second kappa shape index (κ2) is 5.92. The van der Waals surface area contributed by atoms with Crippen LogP contribution in [0.15, 0.2) is 12.4 Å². The van der Waals surface area contributed by atoms with Gasteiger partial charge in [0.05, 0.1) is 30.7 Å². The molecule has 15 heavy (non-hydrogen) atoms. The van der Waals surface area contributed by atoms with Crippen LogP contribution in [0.25, 0.3) is 0 Å². The molecule has 0 fully saturated rings. The average Bonchev–Trinajstić information content (AvgIpc) is 2.25. The molecule has 1 aromatic heterocycles. The minimum atomic E-state index is -0.577. The Labute approximate surface area is 87.3 Å². The maximum Gasteiger partial charge on any atom is 0.407 e. The van der Waals surface area contributed by atoms with E-state index in [1.54, 1.807) is 12.4 Å². The molecule has 6 heteroatoms. The highest BCUT2D eigenvalue weighted by Gasteiger charge is 2.01. The molecule has 0 radical (unpaired) electrons. The number of amides is 1. The van der Waals surface area contributed by atoms with E-state index in [1.807, 2.05) is 6.92 Å². The van der Waals surface area contributed by atoms with Crippen LogP contribution in [0, 0.1) is 6.92 Å².